The highest BCUT2D eigenvalue weighted by molar-refractivity contribution is 7.99. The molecular formula is C61H44N4S. The van der Waals surface area contributed by atoms with Crippen molar-refractivity contribution in [2.75, 3.05) is 9.80 Å². The van der Waals surface area contributed by atoms with Crippen molar-refractivity contribution < 1.29 is 0 Å². The van der Waals surface area contributed by atoms with Crippen LogP contribution >= 0.6 is 11.8 Å². The van der Waals surface area contributed by atoms with E-state index in [2.05, 4.69) is 264 Å². The van der Waals surface area contributed by atoms with E-state index in [9.17, 15) is 0 Å². The van der Waals surface area contributed by atoms with Gasteiger partial charge in [0.05, 0.1) is 39.5 Å². The maximum atomic E-state index is 2.54. The van der Waals surface area contributed by atoms with E-state index in [1.165, 1.54) is 76.6 Å². The normalized spacial score (nSPS) is 13.6. The Morgan fingerprint density at radius 3 is 1.65 bits per heavy atom. The van der Waals surface area contributed by atoms with E-state index >= 15 is 0 Å². The van der Waals surface area contributed by atoms with Crippen LogP contribution in [-0.4, -0.2) is 9.13 Å². The molecule has 0 saturated heterocycles. The Hall–Kier alpha value is -7.99. The number of hydrogen-bond donors (Lipinski definition) is 0. The lowest BCUT2D eigenvalue weighted by molar-refractivity contribution is 0.633. The summed E-state index contributed by atoms with van der Waals surface area (Å²) in [5.74, 6) is 0. The number of rotatable bonds is 6. The van der Waals surface area contributed by atoms with E-state index in [1.807, 2.05) is 11.8 Å². The number of benzene rings is 9. The van der Waals surface area contributed by atoms with Crippen LogP contribution in [0, 0.1) is 0 Å². The summed E-state index contributed by atoms with van der Waals surface area (Å²) in [7, 11) is 0. The molecule has 0 N–H and O–H groups in total. The zero-order valence-corrected chi connectivity index (χ0v) is 37.5. The zero-order valence-electron chi connectivity index (χ0n) is 36.6. The van der Waals surface area contributed by atoms with Crippen molar-refractivity contribution in [1.29, 1.82) is 0 Å². The third kappa shape index (κ3) is 6.00. The molecule has 5 heteroatoms. The highest BCUT2D eigenvalue weighted by Crippen LogP contribution is 2.57. The lowest BCUT2D eigenvalue weighted by Gasteiger charge is -2.43. The van der Waals surface area contributed by atoms with E-state index in [0.717, 1.165) is 33.9 Å². The molecule has 66 heavy (non-hydrogen) atoms. The fourth-order valence-electron chi connectivity index (χ4n) is 10.5. The maximum absolute atomic E-state index is 2.54. The predicted molar refractivity (Wildman–Crippen MR) is 277 cm³/mol. The Labute approximate surface area is 389 Å². The third-order valence-corrected chi connectivity index (χ3v) is 14.8. The van der Waals surface area contributed by atoms with E-state index in [1.54, 1.807) is 0 Å². The molecule has 13 rings (SSSR count). The van der Waals surface area contributed by atoms with Crippen LogP contribution in [0.15, 0.2) is 241 Å². The van der Waals surface area contributed by atoms with Crippen LogP contribution < -0.4 is 9.80 Å². The van der Waals surface area contributed by atoms with Gasteiger partial charge in [0.15, 0.2) is 0 Å². The largest absolute Gasteiger partial charge is 0.316 e. The third-order valence-electron chi connectivity index (χ3n) is 13.7. The molecule has 0 bridgehead atoms. The number of fused-ring (bicyclic) bond motifs is 6. The Morgan fingerprint density at radius 1 is 0.364 bits per heavy atom. The van der Waals surface area contributed by atoms with Crippen LogP contribution in [0.2, 0.25) is 0 Å². The van der Waals surface area contributed by atoms with Gasteiger partial charge in [0.2, 0.25) is 0 Å². The van der Waals surface area contributed by atoms with Crippen molar-refractivity contribution in [3.8, 4) is 33.6 Å². The number of hydrogen-bond acceptors (Lipinski definition) is 3. The molecule has 0 fully saturated rings. The standard InChI is InChI=1S/C61H44N4S/c1-61(2)50-28-17-27-49(41-18-6-3-7-19-41)60(50)64(56-39-54-43(37-51(56)61)32-34-62(54)45-21-8-4-9-22-45)47-25-16-20-42(36-47)48-26-12-13-29-52(48)65-53-30-14-15-31-58(53)66-59-38-44-33-35-63(55(44)40-57(59)65)46-23-10-5-11-24-46/h3-40H,1-2H3. The maximum Gasteiger partial charge on any atom is 0.0623 e. The Bertz CT molecular complexity index is 3660. The van der Waals surface area contributed by atoms with Crippen LogP contribution in [0.4, 0.5) is 34.1 Å². The minimum atomic E-state index is -0.280. The molecular weight excluding hydrogens is 821 g/mol. The highest BCUT2D eigenvalue weighted by atomic mass is 32.2. The van der Waals surface area contributed by atoms with E-state index in [0.29, 0.717) is 0 Å². The summed E-state index contributed by atoms with van der Waals surface area (Å²) in [6, 6.07) is 80.1. The lowest BCUT2D eigenvalue weighted by Crippen LogP contribution is -2.31. The van der Waals surface area contributed by atoms with Crippen molar-refractivity contribution in [3.63, 3.8) is 0 Å². The number of nitrogens with zero attached hydrogens (tertiary/aromatic N) is 4. The topological polar surface area (TPSA) is 16.3 Å². The Kier molecular flexibility index (Phi) is 8.77. The first kappa shape index (κ1) is 38.5. The quantitative estimate of drug-likeness (QED) is 0.166. The van der Waals surface area contributed by atoms with E-state index in [4.69, 9.17) is 0 Å². The van der Waals surface area contributed by atoms with Crippen LogP contribution in [0.3, 0.4) is 0 Å². The molecule has 2 aliphatic rings. The fraction of sp³-hybridized carbons (Fsp3) is 0.0492. The summed E-state index contributed by atoms with van der Waals surface area (Å²) >= 11 is 1.85. The Morgan fingerprint density at radius 2 is 0.924 bits per heavy atom. The van der Waals surface area contributed by atoms with E-state index < -0.39 is 0 Å². The van der Waals surface area contributed by atoms with Gasteiger partial charge in [0.25, 0.3) is 0 Å². The number of aromatic nitrogens is 2. The SMILES string of the molecule is CC1(C)c2cc3ccn(-c4ccccc4)c3cc2N(c2cccc(-c3ccccc3N3c4ccccc4Sc4cc5ccn(-c6ccccc6)c5cc43)c2)c2c(-c3ccccc3)cccc21. The van der Waals surface area contributed by atoms with Crippen LogP contribution in [0.5, 0.6) is 0 Å². The van der Waals surface area contributed by atoms with Gasteiger partial charge in [-0.1, -0.05) is 153 Å². The summed E-state index contributed by atoms with van der Waals surface area (Å²) in [5.41, 5.74) is 18.7. The predicted octanol–water partition coefficient (Wildman–Crippen LogP) is 17.0. The molecule has 0 saturated carbocycles. The molecule has 0 spiro atoms. The molecule has 0 aliphatic carbocycles. The van der Waals surface area contributed by atoms with Gasteiger partial charge in [-0.25, -0.2) is 0 Å². The first-order valence-electron chi connectivity index (χ1n) is 22.7. The summed E-state index contributed by atoms with van der Waals surface area (Å²) in [4.78, 5) is 7.50. The molecule has 2 aromatic heterocycles. The monoisotopic (exact) mass is 864 g/mol. The number of para-hydroxylation sites is 5. The van der Waals surface area contributed by atoms with Gasteiger partial charge < -0.3 is 18.9 Å². The second-order valence-electron chi connectivity index (χ2n) is 17.9. The van der Waals surface area contributed by atoms with Crippen molar-refractivity contribution in [2.45, 2.75) is 29.1 Å². The molecule has 314 valence electrons. The van der Waals surface area contributed by atoms with Crippen molar-refractivity contribution in [2.24, 2.45) is 0 Å². The molecule has 2 aliphatic heterocycles. The fourth-order valence-corrected chi connectivity index (χ4v) is 11.6. The van der Waals surface area contributed by atoms with Crippen molar-refractivity contribution >= 4 is 67.7 Å². The van der Waals surface area contributed by atoms with Gasteiger partial charge in [-0.3, -0.25) is 0 Å². The highest BCUT2D eigenvalue weighted by Gasteiger charge is 2.39. The van der Waals surface area contributed by atoms with Gasteiger partial charge >= 0.3 is 0 Å². The van der Waals surface area contributed by atoms with Gasteiger partial charge in [0.1, 0.15) is 0 Å². The van der Waals surface area contributed by atoms with Gasteiger partial charge in [-0.15, -0.1) is 0 Å². The molecule has 0 radical (unpaired) electrons. The zero-order chi connectivity index (χ0) is 43.9. The molecule has 0 amide bonds. The molecule has 4 heterocycles. The lowest BCUT2D eigenvalue weighted by atomic mass is 9.72. The molecule has 9 aromatic carbocycles. The average Bonchev–Trinajstić information content (AvgIpc) is 3.99. The summed E-state index contributed by atoms with van der Waals surface area (Å²) in [5, 5.41) is 2.45. The molecule has 4 nitrogen and oxygen atoms in total. The minimum absolute atomic E-state index is 0.280. The first-order chi connectivity index (χ1) is 32.5. The van der Waals surface area contributed by atoms with Gasteiger partial charge in [-0.05, 0) is 113 Å². The summed E-state index contributed by atoms with van der Waals surface area (Å²) in [6.45, 7) is 4.78. The number of anilines is 6. The molecule has 0 unspecified atom stereocenters. The van der Waals surface area contributed by atoms with Gasteiger partial charge in [0, 0.05) is 66.6 Å². The van der Waals surface area contributed by atoms with Crippen molar-refractivity contribution in [3.05, 3.63) is 242 Å². The van der Waals surface area contributed by atoms with Crippen LogP contribution in [-0.2, 0) is 5.41 Å². The summed E-state index contributed by atoms with van der Waals surface area (Å²) < 4.78 is 4.63. The Balaban J connectivity index is 1.02. The van der Waals surface area contributed by atoms with Crippen molar-refractivity contribution in [1.82, 2.24) is 9.13 Å². The van der Waals surface area contributed by atoms with Crippen LogP contribution in [0.25, 0.3) is 55.4 Å². The van der Waals surface area contributed by atoms with Gasteiger partial charge in [-0.2, -0.15) is 0 Å². The second kappa shape index (κ2) is 15.1. The minimum Gasteiger partial charge on any atom is -0.316 e. The van der Waals surface area contributed by atoms with E-state index in [-0.39, 0.29) is 5.41 Å². The summed E-state index contributed by atoms with van der Waals surface area (Å²) in [6.07, 6.45) is 4.40. The molecule has 11 aromatic rings. The smallest absolute Gasteiger partial charge is 0.0623 e. The van der Waals surface area contributed by atoms with Crippen LogP contribution in [0.1, 0.15) is 25.0 Å². The first-order valence-corrected chi connectivity index (χ1v) is 23.5. The average molecular weight is 865 g/mol. The molecule has 0 atom stereocenters. The second-order valence-corrected chi connectivity index (χ2v) is 18.9.